The fraction of sp³-hybridized carbons (Fsp3) is 0.857. The molecular formula is C14H26O3. The highest BCUT2D eigenvalue weighted by atomic mass is 16.5. The Kier molecular flexibility index (Phi) is 5.86. The van der Waals surface area contributed by atoms with E-state index in [2.05, 4.69) is 0 Å². The molecule has 0 spiro atoms. The molecule has 1 unspecified atom stereocenters. The number of carbonyl (C=O) groups excluding carboxylic acids is 2. The molecule has 3 nitrogen and oxygen atoms in total. The van der Waals surface area contributed by atoms with Gasteiger partial charge in [0.15, 0.2) is 0 Å². The van der Waals surface area contributed by atoms with Gasteiger partial charge in [0.1, 0.15) is 5.78 Å². The van der Waals surface area contributed by atoms with Crippen molar-refractivity contribution in [3.05, 3.63) is 0 Å². The van der Waals surface area contributed by atoms with Gasteiger partial charge in [-0.3, -0.25) is 9.59 Å². The second-order valence-electron chi connectivity index (χ2n) is 6.00. The van der Waals surface area contributed by atoms with Gasteiger partial charge in [-0.2, -0.15) is 0 Å². The predicted molar refractivity (Wildman–Crippen MR) is 68.6 cm³/mol. The van der Waals surface area contributed by atoms with E-state index >= 15 is 0 Å². The number of rotatable bonds is 6. The minimum atomic E-state index is -0.603. The van der Waals surface area contributed by atoms with Crippen molar-refractivity contribution in [2.75, 3.05) is 0 Å². The van der Waals surface area contributed by atoms with Crippen molar-refractivity contribution in [1.82, 2.24) is 0 Å². The number of carbonyl (C=O) groups is 2. The van der Waals surface area contributed by atoms with Gasteiger partial charge in [-0.15, -0.1) is 0 Å². The van der Waals surface area contributed by atoms with E-state index in [1.807, 2.05) is 48.5 Å². The Morgan fingerprint density at radius 2 is 1.53 bits per heavy atom. The lowest BCUT2D eigenvalue weighted by molar-refractivity contribution is -0.159. The second-order valence-corrected chi connectivity index (χ2v) is 6.00. The first-order chi connectivity index (χ1) is 7.58. The van der Waals surface area contributed by atoms with Gasteiger partial charge in [0.05, 0.1) is 11.5 Å². The summed E-state index contributed by atoms with van der Waals surface area (Å²) < 4.78 is 5.21. The van der Waals surface area contributed by atoms with Crippen LogP contribution >= 0.6 is 0 Å². The van der Waals surface area contributed by atoms with Crippen molar-refractivity contribution in [1.29, 1.82) is 0 Å². The molecule has 0 saturated carbocycles. The summed E-state index contributed by atoms with van der Waals surface area (Å²) in [6.45, 7) is 13.0. The minimum Gasteiger partial charge on any atom is -0.463 e. The molecular weight excluding hydrogens is 216 g/mol. The van der Waals surface area contributed by atoms with Gasteiger partial charge in [0.2, 0.25) is 0 Å². The quantitative estimate of drug-likeness (QED) is 0.672. The molecule has 0 aliphatic rings. The number of hydrogen-bond acceptors (Lipinski definition) is 3. The van der Waals surface area contributed by atoms with Crippen molar-refractivity contribution in [3.63, 3.8) is 0 Å². The smallest absolute Gasteiger partial charge is 0.311 e. The van der Waals surface area contributed by atoms with E-state index in [1.54, 1.807) is 0 Å². The van der Waals surface area contributed by atoms with Gasteiger partial charge in [0, 0.05) is 11.8 Å². The third-order valence-corrected chi connectivity index (χ3v) is 2.77. The van der Waals surface area contributed by atoms with Crippen LogP contribution in [0.4, 0.5) is 0 Å². The Balaban J connectivity index is 4.53. The average Bonchev–Trinajstić information content (AvgIpc) is 2.14. The number of ketones is 1. The number of esters is 1. The van der Waals surface area contributed by atoms with Gasteiger partial charge in [-0.1, -0.05) is 20.8 Å². The van der Waals surface area contributed by atoms with E-state index in [-0.39, 0.29) is 29.7 Å². The van der Waals surface area contributed by atoms with Crippen molar-refractivity contribution >= 4 is 11.8 Å². The Hall–Kier alpha value is -0.860. The lowest BCUT2D eigenvalue weighted by Gasteiger charge is -2.27. The topological polar surface area (TPSA) is 43.4 Å². The summed E-state index contributed by atoms with van der Waals surface area (Å²) in [5, 5.41) is 0. The van der Waals surface area contributed by atoms with E-state index in [0.717, 1.165) is 0 Å². The molecule has 0 rings (SSSR count). The van der Waals surface area contributed by atoms with Crippen molar-refractivity contribution in [3.8, 4) is 0 Å². The van der Waals surface area contributed by atoms with Gasteiger partial charge >= 0.3 is 5.97 Å². The second kappa shape index (κ2) is 6.18. The van der Waals surface area contributed by atoms with Gasteiger partial charge in [0.25, 0.3) is 0 Å². The molecule has 17 heavy (non-hydrogen) atoms. The first-order valence-corrected chi connectivity index (χ1v) is 6.32. The van der Waals surface area contributed by atoms with Crippen molar-refractivity contribution in [2.24, 2.45) is 17.3 Å². The molecule has 0 fully saturated rings. The molecule has 100 valence electrons. The van der Waals surface area contributed by atoms with Crippen LogP contribution in [0.3, 0.4) is 0 Å². The van der Waals surface area contributed by atoms with Gasteiger partial charge in [-0.25, -0.2) is 0 Å². The third kappa shape index (κ3) is 5.33. The van der Waals surface area contributed by atoms with E-state index in [4.69, 9.17) is 4.74 Å². The number of hydrogen-bond donors (Lipinski definition) is 0. The normalized spacial score (nSPS) is 13.9. The zero-order chi connectivity index (χ0) is 13.8. The summed E-state index contributed by atoms with van der Waals surface area (Å²) in [7, 11) is 0. The van der Waals surface area contributed by atoms with Crippen LogP contribution in [0.1, 0.15) is 54.9 Å². The van der Waals surface area contributed by atoms with E-state index in [1.165, 1.54) is 0 Å². The Labute approximate surface area is 105 Å². The monoisotopic (exact) mass is 242 g/mol. The predicted octanol–water partition coefficient (Wildman–Crippen LogP) is 3.22. The van der Waals surface area contributed by atoms with Crippen LogP contribution in [0.2, 0.25) is 0 Å². The Morgan fingerprint density at radius 3 is 1.88 bits per heavy atom. The molecule has 0 amide bonds. The fourth-order valence-corrected chi connectivity index (χ4v) is 1.89. The molecule has 0 heterocycles. The van der Waals surface area contributed by atoms with Crippen LogP contribution in [-0.4, -0.2) is 17.9 Å². The maximum absolute atomic E-state index is 11.9. The zero-order valence-electron chi connectivity index (χ0n) is 12.2. The maximum Gasteiger partial charge on any atom is 0.311 e. The molecule has 0 aliphatic carbocycles. The Morgan fingerprint density at radius 1 is 1.06 bits per heavy atom. The molecule has 0 aromatic carbocycles. The maximum atomic E-state index is 11.9. The zero-order valence-corrected chi connectivity index (χ0v) is 12.2. The largest absolute Gasteiger partial charge is 0.463 e. The van der Waals surface area contributed by atoms with Crippen LogP contribution in [0.25, 0.3) is 0 Å². The first-order valence-electron chi connectivity index (χ1n) is 6.32. The van der Waals surface area contributed by atoms with Crippen LogP contribution in [0.15, 0.2) is 0 Å². The lowest BCUT2D eigenvalue weighted by atomic mass is 9.80. The van der Waals surface area contributed by atoms with E-state index in [0.29, 0.717) is 6.42 Å². The van der Waals surface area contributed by atoms with Crippen molar-refractivity contribution < 1.29 is 14.3 Å². The summed E-state index contributed by atoms with van der Waals surface area (Å²) in [4.78, 5) is 23.7. The van der Waals surface area contributed by atoms with Gasteiger partial charge < -0.3 is 4.74 Å². The summed E-state index contributed by atoms with van der Waals surface area (Å²) in [6, 6.07) is 0. The van der Waals surface area contributed by atoms with Crippen LogP contribution in [0.5, 0.6) is 0 Å². The van der Waals surface area contributed by atoms with Crippen molar-refractivity contribution in [2.45, 2.75) is 61.0 Å². The van der Waals surface area contributed by atoms with Gasteiger partial charge in [-0.05, 0) is 34.1 Å². The van der Waals surface area contributed by atoms with Crippen LogP contribution in [-0.2, 0) is 14.3 Å². The standard InChI is InChI=1S/C14H26O3/c1-9(2)12(15)11(5)8-14(6,7)13(16)17-10(3)4/h9-11H,8H2,1-7H3. The van der Waals surface area contributed by atoms with Crippen LogP contribution < -0.4 is 0 Å². The third-order valence-electron chi connectivity index (χ3n) is 2.77. The highest BCUT2D eigenvalue weighted by Gasteiger charge is 2.34. The molecule has 3 heteroatoms. The summed E-state index contributed by atoms with van der Waals surface area (Å²) in [5.41, 5.74) is -0.603. The first kappa shape index (κ1) is 16.1. The fourth-order valence-electron chi connectivity index (χ4n) is 1.89. The molecule has 0 bridgehead atoms. The molecule has 0 N–H and O–H groups in total. The molecule has 1 atom stereocenters. The highest BCUT2D eigenvalue weighted by molar-refractivity contribution is 5.84. The molecule has 0 radical (unpaired) electrons. The molecule has 0 aliphatic heterocycles. The van der Waals surface area contributed by atoms with E-state index < -0.39 is 5.41 Å². The number of Topliss-reactive ketones (excluding diaryl/α,β-unsaturated/α-hetero) is 1. The van der Waals surface area contributed by atoms with Crippen LogP contribution in [0, 0.1) is 17.3 Å². The summed E-state index contributed by atoms with van der Waals surface area (Å²) in [5.74, 6) is -0.113. The highest BCUT2D eigenvalue weighted by Crippen LogP contribution is 2.29. The molecule has 0 aromatic heterocycles. The Bertz CT molecular complexity index is 277. The SMILES string of the molecule is CC(C)OC(=O)C(C)(C)CC(C)C(=O)C(C)C. The lowest BCUT2D eigenvalue weighted by Crippen LogP contribution is -2.33. The van der Waals surface area contributed by atoms with E-state index in [9.17, 15) is 9.59 Å². The summed E-state index contributed by atoms with van der Waals surface area (Å²) in [6.07, 6.45) is 0.424. The molecule has 0 aromatic rings. The summed E-state index contributed by atoms with van der Waals surface area (Å²) >= 11 is 0. The minimum absolute atomic E-state index is 0.0157. The number of ether oxygens (including phenoxy) is 1. The average molecular weight is 242 g/mol. The molecule has 0 saturated heterocycles.